The number of nitrogens with zero attached hydrogens (tertiary/aromatic N) is 1. The van der Waals surface area contributed by atoms with Crippen LogP contribution in [0.4, 0.5) is 4.39 Å². The number of hydrogen-bond acceptors (Lipinski definition) is 1. The Morgan fingerprint density at radius 2 is 1.75 bits per heavy atom. The maximum absolute atomic E-state index is 13.7. The van der Waals surface area contributed by atoms with Crippen molar-refractivity contribution in [1.82, 2.24) is 4.90 Å². The van der Waals surface area contributed by atoms with Gasteiger partial charge in [0.1, 0.15) is 5.67 Å². The zero-order valence-electron chi connectivity index (χ0n) is 12.1. The first kappa shape index (κ1) is 15.9. The summed E-state index contributed by atoms with van der Waals surface area (Å²) in [6, 6.07) is 0. The molecule has 0 N–H and O–H groups in total. The Kier molecular flexibility index (Phi) is 6.54. The highest BCUT2D eigenvalue weighted by Gasteiger charge is 2.52. The molecule has 98 valence electrons. The Balaban J connectivity index is 0.000000509. The second-order valence-electron chi connectivity index (χ2n) is 4.69. The highest BCUT2D eigenvalue weighted by Crippen LogP contribution is 2.46. The van der Waals surface area contributed by atoms with Gasteiger partial charge in [-0.25, -0.2) is 4.39 Å². The number of alkyl halides is 1. The molecule has 1 nitrogen and oxygen atoms in total. The molecule has 2 fully saturated rings. The molecule has 2 saturated heterocycles. The van der Waals surface area contributed by atoms with Crippen LogP contribution in [0.2, 0.25) is 0 Å². The molecule has 0 aromatic carbocycles. The quantitative estimate of drug-likeness (QED) is 0.646. The molecule has 2 unspecified atom stereocenters. The zero-order valence-corrected chi connectivity index (χ0v) is 12.1. The van der Waals surface area contributed by atoms with Crippen molar-refractivity contribution in [1.29, 1.82) is 0 Å². The number of rotatable bonds is 1. The highest BCUT2D eigenvalue weighted by atomic mass is 19.1. The molecule has 0 aromatic rings. The molecular formula is C14H30FN. The van der Waals surface area contributed by atoms with Gasteiger partial charge < -0.3 is 0 Å². The van der Waals surface area contributed by atoms with Gasteiger partial charge in [0.25, 0.3) is 0 Å². The summed E-state index contributed by atoms with van der Waals surface area (Å²) < 4.78 is 13.7. The van der Waals surface area contributed by atoms with Gasteiger partial charge in [-0.3, -0.25) is 4.90 Å². The lowest BCUT2D eigenvalue weighted by Crippen LogP contribution is -2.37. The van der Waals surface area contributed by atoms with E-state index in [0.717, 1.165) is 19.4 Å². The van der Waals surface area contributed by atoms with Crippen LogP contribution >= 0.6 is 0 Å². The first-order valence-electron chi connectivity index (χ1n) is 7.02. The Hall–Kier alpha value is -0.110. The van der Waals surface area contributed by atoms with Gasteiger partial charge in [0, 0.05) is 18.5 Å². The first-order valence-corrected chi connectivity index (χ1v) is 7.02. The summed E-state index contributed by atoms with van der Waals surface area (Å²) >= 11 is 0. The second kappa shape index (κ2) is 6.58. The van der Waals surface area contributed by atoms with Gasteiger partial charge in [0.15, 0.2) is 0 Å². The normalized spacial score (nSPS) is 36.9. The van der Waals surface area contributed by atoms with Crippen LogP contribution in [-0.2, 0) is 0 Å². The Morgan fingerprint density at radius 1 is 1.19 bits per heavy atom. The van der Waals surface area contributed by atoms with E-state index in [1.807, 2.05) is 27.7 Å². The van der Waals surface area contributed by atoms with E-state index in [0.29, 0.717) is 6.54 Å². The summed E-state index contributed by atoms with van der Waals surface area (Å²) in [5, 5.41) is 0. The lowest BCUT2D eigenvalue weighted by atomic mass is 9.87. The van der Waals surface area contributed by atoms with E-state index < -0.39 is 5.67 Å². The number of halogens is 1. The SMILES string of the molecule is CC.CC.CCC12CCCN1CC(C)(F)C2. The predicted octanol–water partition coefficient (Wildman–Crippen LogP) is 4.42. The van der Waals surface area contributed by atoms with Crippen molar-refractivity contribution >= 4 is 0 Å². The van der Waals surface area contributed by atoms with Gasteiger partial charge in [0.05, 0.1) is 0 Å². The molecule has 0 radical (unpaired) electrons. The van der Waals surface area contributed by atoms with Crippen LogP contribution in [0.1, 0.15) is 67.2 Å². The molecular weight excluding hydrogens is 201 g/mol. The van der Waals surface area contributed by atoms with Crippen molar-refractivity contribution in [2.24, 2.45) is 0 Å². The molecule has 2 aliphatic rings. The molecule has 0 spiro atoms. The largest absolute Gasteiger partial charge is 0.294 e. The molecule has 0 aliphatic carbocycles. The van der Waals surface area contributed by atoms with Gasteiger partial charge in [0.2, 0.25) is 0 Å². The van der Waals surface area contributed by atoms with Crippen molar-refractivity contribution in [3.63, 3.8) is 0 Å². The molecule has 2 rings (SSSR count). The average molecular weight is 231 g/mol. The monoisotopic (exact) mass is 231 g/mol. The van der Waals surface area contributed by atoms with Crippen molar-refractivity contribution in [2.75, 3.05) is 13.1 Å². The molecule has 2 heteroatoms. The van der Waals surface area contributed by atoms with Crippen LogP contribution in [0.5, 0.6) is 0 Å². The maximum Gasteiger partial charge on any atom is 0.122 e. The van der Waals surface area contributed by atoms with Crippen molar-refractivity contribution in [3.05, 3.63) is 0 Å². The Labute approximate surface area is 101 Å². The smallest absolute Gasteiger partial charge is 0.122 e. The van der Waals surface area contributed by atoms with E-state index in [4.69, 9.17) is 0 Å². The maximum atomic E-state index is 13.7. The van der Waals surface area contributed by atoms with Crippen LogP contribution < -0.4 is 0 Å². The molecule has 0 saturated carbocycles. The molecule has 0 amide bonds. The van der Waals surface area contributed by atoms with Crippen LogP contribution in [0.15, 0.2) is 0 Å². The summed E-state index contributed by atoms with van der Waals surface area (Å²) in [6.07, 6.45) is 4.36. The van der Waals surface area contributed by atoms with E-state index >= 15 is 0 Å². The standard InChI is InChI=1S/C10H18FN.2C2H6/c1-3-10-5-4-6-12(10)8-9(2,11)7-10;2*1-2/h3-8H2,1-2H3;2*1-2H3. The molecule has 0 bridgehead atoms. The molecule has 0 aromatic heterocycles. The fraction of sp³-hybridized carbons (Fsp3) is 1.00. The second-order valence-corrected chi connectivity index (χ2v) is 4.69. The third kappa shape index (κ3) is 3.19. The van der Waals surface area contributed by atoms with Crippen LogP contribution in [0.25, 0.3) is 0 Å². The molecule has 2 aliphatic heterocycles. The lowest BCUT2D eigenvalue weighted by molar-refractivity contribution is 0.185. The summed E-state index contributed by atoms with van der Waals surface area (Å²) in [7, 11) is 0. The average Bonchev–Trinajstić information content (AvgIpc) is 2.76. The van der Waals surface area contributed by atoms with Crippen LogP contribution in [0, 0.1) is 0 Å². The van der Waals surface area contributed by atoms with Gasteiger partial charge in [-0.15, -0.1) is 0 Å². The van der Waals surface area contributed by atoms with Crippen molar-refractivity contribution in [2.45, 2.75) is 78.4 Å². The first-order chi connectivity index (χ1) is 7.58. The lowest BCUT2D eigenvalue weighted by Gasteiger charge is -2.30. The topological polar surface area (TPSA) is 3.24 Å². The van der Waals surface area contributed by atoms with E-state index in [1.165, 1.54) is 12.8 Å². The van der Waals surface area contributed by atoms with E-state index in [1.54, 1.807) is 6.92 Å². The van der Waals surface area contributed by atoms with Crippen LogP contribution in [0.3, 0.4) is 0 Å². The minimum Gasteiger partial charge on any atom is -0.294 e. The van der Waals surface area contributed by atoms with Gasteiger partial charge in [-0.2, -0.15) is 0 Å². The third-order valence-electron chi connectivity index (χ3n) is 3.62. The number of fused-ring (bicyclic) bond motifs is 1. The Morgan fingerprint density at radius 3 is 2.19 bits per heavy atom. The van der Waals surface area contributed by atoms with Crippen molar-refractivity contribution in [3.8, 4) is 0 Å². The fourth-order valence-corrected chi connectivity index (χ4v) is 3.11. The zero-order chi connectivity index (χ0) is 12.8. The Bertz CT molecular complexity index is 191. The van der Waals surface area contributed by atoms with E-state index in [2.05, 4.69) is 11.8 Å². The van der Waals surface area contributed by atoms with Gasteiger partial charge in [-0.1, -0.05) is 34.6 Å². The minimum absolute atomic E-state index is 0.240. The van der Waals surface area contributed by atoms with Crippen molar-refractivity contribution < 1.29 is 4.39 Å². The fourth-order valence-electron chi connectivity index (χ4n) is 3.11. The summed E-state index contributed by atoms with van der Waals surface area (Å²) in [5.41, 5.74) is -0.681. The molecule has 2 atom stereocenters. The van der Waals surface area contributed by atoms with E-state index in [-0.39, 0.29) is 5.54 Å². The van der Waals surface area contributed by atoms with Gasteiger partial charge >= 0.3 is 0 Å². The number of hydrogen-bond donors (Lipinski definition) is 0. The minimum atomic E-state index is -0.920. The summed E-state index contributed by atoms with van der Waals surface area (Å²) in [5.74, 6) is 0. The third-order valence-corrected chi connectivity index (χ3v) is 3.62. The van der Waals surface area contributed by atoms with E-state index in [9.17, 15) is 4.39 Å². The predicted molar refractivity (Wildman–Crippen MR) is 70.7 cm³/mol. The van der Waals surface area contributed by atoms with Crippen LogP contribution in [-0.4, -0.2) is 29.2 Å². The summed E-state index contributed by atoms with van der Waals surface area (Å²) in [4.78, 5) is 2.37. The molecule has 16 heavy (non-hydrogen) atoms. The summed E-state index contributed by atoms with van der Waals surface area (Å²) in [6.45, 7) is 13.7. The molecule has 2 heterocycles. The highest BCUT2D eigenvalue weighted by molar-refractivity contribution is 5.07. The van der Waals surface area contributed by atoms with Gasteiger partial charge in [-0.05, 0) is 32.7 Å².